The number of nitrogens with one attached hydrogen (secondary N) is 1. The van der Waals surface area contributed by atoms with Gasteiger partial charge in [-0.05, 0) is 44.9 Å². The lowest BCUT2D eigenvalue weighted by Crippen LogP contribution is -2.50. The van der Waals surface area contributed by atoms with Gasteiger partial charge in [0.15, 0.2) is 17.0 Å². The van der Waals surface area contributed by atoms with E-state index in [0.717, 1.165) is 42.5 Å². The van der Waals surface area contributed by atoms with Gasteiger partial charge in [-0.3, -0.25) is 4.79 Å². The highest BCUT2D eigenvalue weighted by molar-refractivity contribution is 5.90. The van der Waals surface area contributed by atoms with Crippen LogP contribution in [0.1, 0.15) is 58.2 Å². The number of hydrogen-bond acceptors (Lipinski definition) is 7. The van der Waals surface area contributed by atoms with Crippen molar-refractivity contribution in [3.05, 3.63) is 24.5 Å². The van der Waals surface area contributed by atoms with Gasteiger partial charge in [0.2, 0.25) is 5.91 Å². The summed E-state index contributed by atoms with van der Waals surface area (Å²) in [5.41, 5.74) is 2.23. The van der Waals surface area contributed by atoms with Crippen molar-refractivity contribution in [3.8, 4) is 11.4 Å². The molecule has 2 unspecified atom stereocenters. The lowest BCUT2D eigenvalue weighted by Gasteiger charge is -2.42. The monoisotopic (exact) mass is 462 g/mol. The molecule has 0 aromatic carbocycles. The summed E-state index contributed by atoms with van der Waals surface area (Å²) in [6, 6.07) is -0.337. The largest absolute Gasteiger partial charge is 0.356 e. The van der Waals surface area contributed by atoms with Gasteiger partial charge < -0.3 is 14.8 Å². The van der Waals surface area contributed by atoms with Crippen molar-refractivity contribution in [1.29, 1.82) is 0 Å². The van der Waals surface area contributed by atoms with Crippen LogP contribution in [0.2, 0.25) is 0 Å². The second kappa shape index (κ2) is 9.64. The van der Waals surface area contributed by atoms with Gasteiger partial charge in [0.25, 0.3) is 0 Å². The number of likely N-dealkylation sites (tertiary alicyclic amines) is 1. The van der Waals surface area contributed by atoms with E-state index in [4.69, 9.17) is 4.98 Å². The van der Waals surface area contributed by atoms with E-state index in [9.17, 15) is 4.79 Å². The molecule has 2 aliphatic rings. The van der Waals surface area contributed by atoms with Crippen molar-refractivity contribution in [1.82, 2.24) is 34.4 Å². The lowest BCUT2D eigenvalue weighted by atomic mass is 9.75. The van der Waals surface area contributed by atoms with Gasteiger partial charge in [-0.2, -0.15) is 0 Å². The van der Waals surface area contributed by atoms with Crippen LogP contribution >= 0.6 is 0 Å². The number of piperidine rings is 1. The highest BCUT2D eigenvalue weighted by atomic mass is 16.2. The Hall–Kier alpha value is -3.10. The normalized spacial score (nSPS) is 21.3. The van der Waals surface area contributed by atoms with Gasteiger partial charge in [0.05, 0.1) is 5.56 Å². The van der Waals surface area contributed by atoms with Gasteiger partial charge >= 0.3 is 0 Å². The Kier molecular flexibility index (Phi) is 6.43. The summed E-state index contributed by atoms with van der Waals surface area (Å²) in [4.78, 5) is 38.1. The first kappa shape index (κ1) is 22.7. The first-order valence-electron chi connectivity index (χ1n) is 12.6. The zero-order valence-electron chi connectivity index (χ0n) is 20.4. The summed E-state index contributed by atoms with van der Waals surface area (Å²) in [5, 5.41) is 3.42. The Morgan fingerprint density at radius 2 is 1.85 bits per heavy atom. The summed E-state index contributed by atoms with van der Waals surface area (Å²) in [6.07, 6.45) is 12.1. The first-order valence-corrected chi connectivity index (χ1v) is 12.6. The molecule has 9 nitrogen and oxygen atoms in total. The second-order valence-electron chi connectivity index (χ2n) is 9.58. The zero-order valence-corrected chi connectivity index (χ0v) is 20.4. The molecule has 0 radical (unpaired) electrons. The molecule has 3 aromatic rings. The Bertz CT molecular complexity index is 1160. The lowest BCUT2D eigenvalue weighted by molar-refractivity contribution is -0.135. The molecule has 1 aliphatic carbocycles. The number of anilines is 1. The van der Waals surface area contributed by atoms with Crippen molar-refractivity contribution in [2.24, 2.45) is 11.8 Å². The number of carbonyl (C=O) groups is 1. The number of rotatable bonds is 6. The van der Waals surface area contributed by atoms with Gasteiger partial charge in [-0.15, -0.1) is 0 Å². The molecule has 34 heavy (non-hydrogen) atoms. The van der Waals surface area contributed by atoms with Crippen LogP contribution in [0.25, 0.3) is 22.6 Å². The topological polar surface area (TPSA) is 102 Å². The van der Waals surface area contributed by atoms with Gasteiger partial charge in [0, 0.05) is 32.0 Å². The molecule has 0 spiro atoms. The minimum atomic E-state index is -0.337. The average molecular weight is 463 g/mol. The molecule has 3 atom stereocenters. The van der Waals surface area contributed by atoms with Crippen LogP contribution < -0.4 is 5.32 Å². The van der Waals surface area contributed by atoms with Crippen LogP contribution in [0.4, 0.5) is 5.82 Å². The van der Waals surface area contributed by atoms with E-state index in [1.165, 1.54) is 25.7 Å². The van der Waals surface area contributed by atoms with Crippen molar-refractivity contribution >= 4 is 22.9 Å². The SMILES string of the molecule is CC[C@@H](Nc1ncnc2c1nc(-c1cnc(C)nc1)n2CC)C(=O)N1CCC2CCCCC2C1. The Morgan fingerprint density at radius 1 is 1.09 bits per heavy atom. The van der Waals surface area contributed by atoms with E-state index in [0.29, 0.717) is 36.0 Å². The smallest absolute Gasteiger partial charge is 0.245 e. The number of aromatic nitrogens is 6. The third kappa shape index (κ3) is 4.23. The van der Waals surface area contributed by atoms with Crippen LogP contribution in [0.3, 0.4) is 0 Å². The van der Waals surface area contributed by atoms with Gasteiger partial charge in [-0.25, -0.2) is 24.9 Å². The quantitative estimate of drug-likeness (QED) is 0.594. The molecule has 1 amide bonds. The van der Waals surface area contributed by atoms with Gasteiger partial charge in [-0.1, -0.05) is 26.2 Å². The molecule has 1 aliphatic heterocycles. The summed E-state index contributed by atoms with van der Waals surface area (Å²) in [7, 11) is 0. The van der Waals surface area contributed by atoms with Gasteiger partial charge in [0.1, 0.15) is 24.0 Å². The minimum Gasteiger partial charge on any atom is -0.356 e. The fourth-order valence-corrected chi connectivity index (χ4v) is 5.60. The molecule has 9 heteroatoms. The first-order chi connectivity index (χ1) is 16.6. The molecular weight excluding hydrogens is 428 g/mol. The molecule has 2 fully saturated rings. The molecule has 1 saturated carbocycles. The third-order valence-electron chi connectivity index (χ3n) is 7.51. The minimum absolute atomic E-state index is 0.167. The standard InChI is InChI=1S/C25H34N8O/c1-4-20(25(34)32-11-10-17-8-6-7-9-18(17)14-32)30-22-21-24(29-15-28-22)33(5-2)23(31-21)19-12-26-16(3)27-13-19/h12-13,15,17-18,20H,4-11,14H2,1-3H3,(H,28,29,30)/t17?,18?,20-/m1/s1. The van der Waals surface area contributed by atoms with E-state index in [-0.39, 0.29) is 11.9 Å². The van der Waals surface area contributed by atoms with Crippen molar-refractivity contribution in [3.63, 3.8) is 0 Å². The van der Waals surface area contributed by atoms with Crippen LogP contribution in [-0.2, 0) is 11.3 Å². The van der Waals surface area contributed by atoms with Crippen LogP contribution in [0, 0.1) is 18.8 Å². The molecule has 0 bridgehead atoms. The van der Waals surface area contributed by atoms with E-state index in [2.05, 4.69) is 37.1 Å². The highest BCUT2D eigenvalue weighted by Gasteiger charge is 2.35. The molecule has 180 valence electrons. The Morgan fingerprint density at radius 3 is 2.59 bits per heavy atom. The molecular formula is C25H34N8O. The van der Waals surface area contributed by atoms with Crippen molar-refractivity contribution in [2.45, 2.75) is 71.9 Å². The Balaban J connectivity index is 1.41. The van der Waals surface area contributed by atoms with E-state index < -0.39 is 0 Å². The number of hydrogen-bond donors (Lipinski definition) is 1. The van der Waals surface area contributed by atoms with E-state index in [1.54, 1.807) is 18.7 Å². The van der Waals surface area contributed by atoms with Crippen LogP contribution in [0.5, 0.6) is 0 Å². The Labute approximate surface area is 200 Å². The molecule has 1 N–H and O–H groups in total. The second-order valence-corrected chi connectivity index (χ2v) is 9.58. The number of fused-ring (bicyclic) bond motifs is 2. The average Bonchev–Trinajstić information content (AvgIpc) is 3.26. The van der Waals surface area contributed by atoms with Crippen LogP contribution in [-0.4, -0.2) is 59.4 Å². The number of carbonyl (C=O) groups excluding carboxylic acids is 1. The zero-order chi connectivity index (χ0) is 23.7. The fourth-order valence-electron chi connectivity index (χ4n) is 5.60. The summed E-state index contributed by atoms with van der Waals surface area (Å²) < 4.78 is 2.03. The molecule has 4 heterocycles. The summed E-state index contributed by atoms with van der Waals surface area (Å²) in [5.74, 6) is 3.69. The van der Waals surface area contributed by atoms with E-state index >= 15 is 0 Å². The number of aryl methyl sites for hydroxylation is 2. The highest BCUT2D eigenvalue weighted by Crippen LogP contribution is 2.36. The number of nitrogens with zero attached hydrogens (tertiary/aromatic N) is 7. The predicted molar refractivity (Wildman–Crippen MR) is 131 cm³/mol. The summed E-state index contributed by atoms with van der Waals surface area (Å²) in [6.45, 7) is 8.41. The fraction of sp³-hybridized carbons (Fsp3) is 0.600. The molecule has 1 saturated heterocycles. The van der Waals surface area contributed by atoms with E-state index in [1.807, 2.05) is 18.4 Å². The molecule has 3 aromatic heterocycles. The van der Waals surface area contributed by atoms with Crippen molar-refractivity contribution < 1.29 is 4.79 Å². The third-order valence-corrected chi connectivity index (χ3v) is 7.51. The predicted octanol–water partition coefficient (Wildman–Crippen LogP) is 3.84. The van der Waals surface area contributed by atoms with Crippen molar-refractivity contribution in [2.75, 3.05) is 18.4 Å². The maximum Gasteiger partial charge on any atom is 0.245 e. The summed E-state index contributed by atoms with van der Waals surface area (Å²) >= 11 is 0. The maximum absolute atomic E-state index is 13.5. The molecule has 5 rings (SSSR count). The van der Waals surface area contributed by atoms with Crippen LogP contribution in [0.15, 0.2) is 18.7 Å². The number of amides is 1. The number of imidazole rings is 1. The maximum atomic E-state index is 13.5.